The maximum absolute atomic E-state index is 11.3. The minimum Gasteiger partial charge on any atom is -0.496 e. The highest BCUT2D eigenvalue weighted by atomic mass is 16.6. The fourth-order valence-electron chi connectivity index (χ4n) is 3.05. The summed E-state index contributed by atoms with van der Waals surface area (Å²) in [5.74, 6) is 0.920. The number of fused-ring (bicyclic) bond motifs is 1. The third-order valence-corrected chi connectivity index (χ3v) is 4.16. The molecule has 0 amide bonds. The molecule has 8 heteroatoms. The Kier molecular flexibility index (Phi) is 3.84. The molecule has 1 aromatic rings. The monoisotopic (exact) mass is 306 g/mol. The van der Waals surface area contributed by atoms with Crippen molar-refractivity contribution in [2.75, 3.05) is 27.3 Å². The molecule has 1 saturated heterocycles. The van der Waals surface area contributed by atoms with Crippen LogP contribution in [0.15, 0.2) is 17.2 Å². The summed E-state index contributed by atoms with van der Waals surface area (Å²) in [5, 5.41) is 19.0. The highest BCUT2D eigenvalue weighted by Gasteiger charge is 2.37. The van der Waals surface area contributed by atoms with Gasteiger partial charge in [-0.3, -0.25) is 10.1 Å². The van der Waals surface area contributed by atoms with Gasteiger partial charge in [0.25, 0.3) is 0 Å². The molecule has 2 N–H and O–H groups in total. The molecule has 22 heavy (non-hydrogen) atoms. The van der Waals surface area contributed by atoms with Crippen molar-refractivity contribution in [1.29, 1.82) is 0 Å². The Labute approximate surface area is 127 Å². The summed E-state index contributed by atoms with van der Waals surface area (Å²) in [6, 6.07) is 2.94. The van der Waals surface area contributed by atoms with Crippen LogP contribution in [0.4, 0.5) is 5.69 Å². The number of methoxy groups -OCH3 is 2. The van der Waals surface area contributed by atoms with Crippen LogP contribution in [-0.4, -0.2) is 37.9 Å². The first-order valence-corrected chi connectivity index (χ1v) is 7.08. The second-order valence-corrected chi connectivity index (χ2v) is 5.29. The number of hydrogen-bond donors (Lipinski definition) is 2. The number of hydrazone groups is 1. The summed E-state index contributed by atoms with van der Waals surface area (Å²) < 4.78 is 10.5. The van der Waals surface area contributed by atoms with Crippen LogP contribution in [0, 0.1) is 16.0 Å². The first kappa shape index (κ1) is 14.6. The SMILES string of the molecule is COc1cc(OC)c([N+](=O)[O-])cc1C1NN=C2CCNCC21. The van der Waals surface area contributed by atoms with Crippen molar-refractivity contribution in [2.24, 2.45) is 11.0 Å². The Morgan fingerprint density at radius 3 is 2.77 bits per heavy atom. The molecule has 0 radical (unpaired) electrons. The number of benzene rings is 1. The zero-order valence-corrected chi connectivity index (χ0v) is 12.5. The summed E-state index contributed by atoms with van der Waals surface area (Å²) in [4.78, 5) is 10.8. The predicted octanol–water partition coefficient (Wildman–Crippen LogP) is 1.22. The van der Waals surface area contributed by atoms with Crippen molar-refractivity contribution >= 4 is 11.4 Å². The maximum Gasteiger partial charge on any atom is 0.311 e. The molecule has 0 aromatic heterocycles. The smallest absolute Gasteiger partial charge is 0.311 e. The van der Waals surface area contributed by atoms with Crippen LogP contribution in [0.2, 0.25) is 0 Å². The Morgan fingerprint density at radius 1 is 1.32 bits per heavy atom. The summed E-state index contributed by atoms with van der Waals surface area (Å²) in [6.45, 7) is 1.70. The van der Waals surface area contributed by atoms with Crippen LogP contribution in [-0.2, 0) is 0 Å². The van der Waals surface area contributed by atoms with Crippen LogP contribution >= 0.6 is 0 Å². The molecular weight excluding hydrogens is 288 g/mol. The van der Waals surface area contributed by atoms with Crippen molar-refractivity contribution < 1.29 is 14.4 Å². The van der Waals surface area contributed by atoms with E-state index in [-0.39, 0.29) is 23.4 Å². The Bertz CT molecular complexity index is 632. The number of ether oxygens (including phenoxy) is 2. The molecule has 0 aliphatic carbocycles. The lowest BCUT2D eigenvalue weighted by Crippen LogP contribution is -2.38. The van der Waals surface area contributed by atoms with Crippen LogP contribution in [0.1, 0.15) is 18.0 Å². The Hall–Kier alpha value is -2.35. The lowest BCUT2D eigenvalue weighted by molar-refractivity contribution is -0.385. The molecular formula is C14H18N4O4. The van der Waals surface area contributed by atoms with Gasteiger partial charge in [0, 0.05) is 48.8 Å². The highest BCUT2D eigenvalue weighted by Crippen LogP contribution is 2.41. The predicted molar refractivity (Wildman–Crippen MR) is 80.5 cm³/mol. The zero-order valence-electron chi connectivity index (χ0n) is 12.5. The lowest BCUT2D eigenvalue weighted by atomic mass is 9.86. The van der Waals surface area contributed by atoms with Gasteiger partial charge in [0.1, 0.15) is 5.75 Å². The van der Waals surface area contributed by atoms with E-state index < -0.39 is 4.92 Å². The van der Waals surface area contributed by atoms with Gasteiger partial charge in [-0.05, 0) is 0 Å². The maximum atomic E-state index is 11.3. The van der Waals surface area contributed by atoms with Crippen molar-refractivity contribution in [3.8, 4) is 11.5 Å². The Balaban J connectivity index is 2.02. The molecule has 0 spiro atoms. The number of nitrogens with one attached hydrogen (secondary N) is 2. The summed E-state index contributed by atoms with van der Waals surface area (Å²) >= 11 is 0. The van der Waals surface area contributed by atoms with E-state index in [4.69, 9.17) is 9.47 Å². The quantitative estimate of drug-likeness (QED) is 0.641. The van der Waals surface area contributed by atoms with E-state index in [1.165, 1.54) is 13.2 Å². The second-order valence-electron chi connectivity index (χ2n) is 5.29. The van der Waals surface area contributed by atoms with Gasteiger partial charge >= 0.3 is 5.69 Å². The fourth-order valence-corrected chi connectivity index (χ4v) is 3.05. The van der Waals surface area contributed by atoms with Gasteiger partial charge in [-0.1, -0.05) is 0 Å². The van der Waals surface area contributed by atoms with Gasteiger partial charge in [0.2, 0.25) is 5.75 Å². The van der Waals surface area contributed by atoms with E-state index in [2.05, 4.69) is 15.8 Å². The summed E-state index contributed by atoms with van der Waals surface area (Å²) in [5.41, 5.74) is 4.85. The van der Waals surface area contributed by atoms with Gasteiger partial charge in [-0.25, -0.2) is 0 Å². The molecule has 1 aromatic carbocycles. The number of nitro benzene ring substituents is 1. The largest absolute Gasteiger partial charge is 0.496 e. The van der Waals surface area contributed by atoms with Gasteiger partial charge in [0.15, 0.2) is 0 Å². The molecule has 118 valence electrons. The normalized spacial score (nSPS) is 23.3. The van der Waals surface area contributed by atoms with E-state index in [1.54, 1.807) is 13.2 Å². The van der Waals surface area contributed by atoms with Gasteiger partial charge in [-0.15, -0.1) is 0 Å². The third-order valence-electron chi connectivity index (χ3n) is 4.16. The highest BCUT2D eigenvalue weighted by molar-refractivity contribution is 5.90. The molecule has 2 heterocycles. The summed E-state index contributed by atoms with van der Waals surface area (Å²) in [6.07, 6.45) is 0.884. The van der Waals surface area contributed by atoms with Gasteiger partial charge in [-0.2, -0.15) is 5.10 Å². The summed E-state index contributed by atoms with van der Waals surface area (Å²) in [7, 11) is 2.95. The van der Waals surface area contributed by atoms with E-state index >= 15 is 0 Å². The minimum atomic E-state index is -0.447. The van der Waals surface area contributed by atoms with E-state index in [0.717, 1.165) is 30.8 Å². The zero-order chi connectivity index (χ0) is 15.7. The molecule has 3 rings (SSSR count). The molecule has 2 atom stereocenters. The topological polar surface area (TPSA) is 98.0 Å². The molecule has 8 nitrogen and oxygen atoms in total. The van der Waals surface area contributed by atoms with Crippen molar-refractivity contribution in [3.63, 3.8) is 0 Å². The standard InChI is InChI=1S/C14H18N4O4/c1-21-12-6-13(22-2)11(18(19)20)5-8(12)14-9-7-15-4-3-10(9)16-17-14/h5-6,9,14-15,17H,3-4,7H2,1-2H3. The number of nitro groups is 1. The molecule has 0 bridgehead atoms. The number of nitrogens with zero attached hydrogens (tertiary/aromatic N) is 2. The average Bonchev–Trinajstić information content (AvgIpc) is 2.97. The van der Waals surface area contributed by atoms with Crippen LogP contribution in [0.25, 0.3) is 0 Å². The van der Waals surface area contributed by atoms with Crippen LogP contribution in [0.3, 0.4) is 0 Å². The van der Waals surface area contributed by atoms with Crippen molar-refractivity contribution in [1.82, 2.24) is 10.7 Å². The van der Waals surface area contributed by atoms with E-state index in [0.29, 0.717) is 5.75 Å². The molecule has 2 unspecified atom stereocenters. The first-order valence-electron chi connectivity index (χ1n) is 7.08. The average molecular weight is 306 g/mol. The Morgan fingerprint density at radius 2 is 2.09 bits per heavy atom. The van der Waals surface area contributed by atoms with Crippen LogP contribution < -0.4 is 20.2 Å². The van der Waals surface area contributed by atoms with Gasteiger partial charge < -0.3 is 20.2 Å². The third kappa shape index (κ3) is 2.35. The van der Waals surface area contributed by atoms with E-state index in [9.17, 15) is 10.1 Å². The fraction of sp³-hybridized carbons (Fsp3) is 0.500. The number of piperidine rings is 1. The van der Waals surface area contributed by atoms with Crippen LogP contribution in [0.5, 0.6) is 11.5 Å². The first-order chi connectivity index (χ1) is 10.7. The molecule has 0 saturated carbocycles. The van der Waals surface area contributed by atoms with E-state index in [1.807, 2.05) is 0 Å². The van der Waals surface area contributed by atoms with Gasteiger partial charge in [0.05, 0.1) is 25.2 Å². The number of hydrogen-bond acceptors (Lipinski definition) is 7. The molecule has 2 aliphatic rings. The van der Waals surface area contributed by atoms with Crippen molar-refractivity contribution in [2.45, 2.75) is 12.5 Å². The molecule has 2 aliphatic heterocycles. The second kappa shape index (κ2) is 5.80. The lowest BCUT2D eigenvalue weighted by Gasteiger charge is -2.26. The number of rotatable bonds is 4. The molecule has 1 fully saturated rings. The minimum absolute atomic E-state index is 0.0719. The van der Waals surface area contributed by atoms with Crippen molar-refractivity contribution in [3.05, 3.63) is 27.8 Å².